The third-order valence-corrected chi connectivity index (χ3v) is 4.51. The zero-order valence-electron chi connectivity index (χ0n) is 15.1. The van der Waals surface area contributed by atoms with E-state index in [0.717, 1.165) is 5.56 Å². The molecule has 1 aromatic heterocycles. The van der Waals surface area contributed by atoms with Crippen LogP contribution in [-0.2, 0) is 11.2 Å². The highest BCUT2D eigenvalue weighted by Crippen LogP contribution is 2.17. The number of hydrogen-bond donors (Lipinski definition) is 2. The van der Waals surface area contributed by atoms with Crippen LogP contribution in [0, 0.1) is 6.92 Å². The quantitative estimate of drug-likeness (QED) is 0.716. The normalized spacial score (nSPS) is 12.1. The summed E-state index contributed by atoms with van der Waals surface area (Å²) >= 11 is 0. The summed E-state index contributed by atoms with van der Waals surface area (Å²) in [7, 11) is 0. The predicted octanol–water partition coefficient (Wildman–Crippen LogP) is 3.43. The Morgan fingerprint density at radius 1 is 1.15 bits per heavy atom. The molecule has 0 saturated carbocycles. The summed E-state index contributed by atoms with van der Waals surface area (Å²) in [4.78, 5) is 31.5. The van der Waals surface area contributed by atoms with E-state index in [1.54, 1.807) is 6.07 Å². The molecule has 0 aliphatic rings. The van der Waals surface area contributed by atoms with E-state index < -0.39 is 0 Å². The first-order chi connectivity index (χ1) is 12.5. The average Bonchev–Trinajstić information content (AvgIpc) is 2.62. The molecule has 0 radical (unpaired) electrons. The first kappa shape index (κ1) is 17.9. The number of H-pyrrole nitrogens is 1. The van der Waals surface area contributed by atoms with Gasteiger partial charge in [-0.3, -0.25) is 9.59 Å². The molecular weight excluding hydrogens is 326 g/mol. The third kappa shape index (κ3) is 4.17. The Kier molecular flexibility index (Phi) is 5.46. The van der Waals surface area contributed by atoms with Crippen LogP contribution in [0.1, 0.15) is 42.8 Å². The standard InChI is InChI=1S/C21H23N3O2/c1-14-8-3-4-9-16(14)15(2)22-20(25)13-7-12-19-23-18-11-6-5-10-17(18)21(26)24-19/h3-6,8-11,15H,7,12-13H2,1-2H3,(H,22,25)(H,23,24,26)/t15-/m0/s1. The molecule has 0 unspecified atom stereocenters. The van der Waals surface area contributed by atoms with Crippen LogP contribution in [0.25, 0.3) is 10.9 Å². The molecule has 0 spiro atoms. The molecule has 1 amide bonds. The second-order valence-corrected chi connectivity index (χ2v) is 6.53. The highest BCUT2D eigenvalue weighted by atomic mass is 16.1. The second kappa shape index (κ2) is 7.95. The zero-order chi connectivity index (χ0) is 18.5. The van der Waals surface area contributed by atoms with Crippen molar-refractivity contribution < 1.29 is 4.79 Å². The number of nitrogens with one attached hydrogen (secondary N) is 2. The predicted molar refractivity (Wildman–Crippen MR) is 103 cm³/mol. The molecule has 3 rings (SSSR count). The van der Waals surface area contributed by atoms with E-state index in [0.29, 0.717) is 36.0 Å². The molecule has 26 heavy (non-hydrogen) atoms. The Morgan fingerprint density at radius 2 is 1.88 bits per heavy atom. The van der Waals surface area contributed by atoms with Gasteiger partial charge in [0, 0.05) is 12.8 Å². The maximum Gasteiger partial charge on any atom is 0.258 e. The van der Waals surface area contributed by atoms with Crippen LogP contribution in [0.3, 0.4) is 0 Å². The summed E-state index contributed by atoms with van der Waals surface area (Å²) in [6, 6.07) is 15.3. The molecule has 0 aliphatic carbocycles. The Bertz CT molecular complexity index is 978. The smallest absolute Gasteiger partial charge is 0.258 e. The Labute approximate surface area is 152 Å². The topological polar surface area (TPSA) is 74.8 Å². The number of aromatic amines is 1. The van der Waals surface area contributed by atoms with Gasteiger partial charge in [0.25, 0.3) is 5.56 Å². The van der Waals surface area contributed by atoms with Gasteiger partial charge >= 0.3 is 0 Å². The van der Waals surface area contributed by atoms with Crippen LogP contribution in [0.4, 0.5) is 0 Å². The number of fused-ring (bicyclic) bond motifs is 1. The van der Waals surface area contributed by atoms with E-state index in [4.69, 9.17) is 0 Å². The minimum atomic E-state index is -0.136. The molecule has 2 aromatic carbocycles. The lowest BCUT2D eigenvalue weighted by atomic mass is 10.0. The first-order valence-corrected chi connectivity index (χ1v) is 8.87. The summed E-state index contributed by atoms with van der Waals surface area (Å²) < 4.78 is 0. The van der Waals surface area contributed by atoms with E-state index >= 15 is 0 Å². The highest BCUT2D eigenvalue weighted by molar-refractivity contribution is 5.77. The van der Waals surface area contributed by atoms with E-state index in [2.05, 4.69) is 15.3 Å². The molecule has 3 aromatic rings. The van der Waals surface area contributed by atoms with Crippen LogP contribution < -0.4 is 10.9 Å². The summed E-state index contributed by atoms with van der Waals surface area (Å²) in [5.41, 5.74) is 2.84. The Hall–Kier alpha value is -2.95. The van der Waals surface area contributed by atoms with Crippen molar-refractivity contribution in [2.45, 2.75) is 39.2 Å². The molecule has 5 heteroatoms. The molecule has 0 saturated heterocycles. The Balaban J connectivity index is 1.56. The Morgan fingerprint density at radius 3 is 2.69 bits per heavy atom. The van der Waals surface area contributed by atoms with Crippen LogP contribution in [0.5, 0.6) is 0 Å². The second-order valence-electron chi connectivity index (χ2n) is 6.53. The average molecular weight is 349 g/mol. The van der Waals surface area contributed by atoms with Crippen LogP contribution >= 0.6 is 0 Å². The van der Waals surface area contributed by atoms with E-state index in [1.165, 1.54) is 5.56 Å². The van der Waals surface area contributed by atoms with Gasteiger partial charge in [-0.1, -0.05) is 36.4 Å². The van der Waals surface area contributed by atoms with E-state index in [1.807, 2.05) is 56.3 Å². The van der Waals surface area contributed by atoms with Gasteiger partial charge in [0.1, 0.15) is 5.82 Å². The fourth-order valence-electron chi connectivity index (χ4n) is 3.13. The minimum Gasteiger partial charge on any atom is -0.350 e. The van der Waals surface area contributed by atoms with Gasteiger partial charge in [0.05, 0.1) is 16.9 Å². The van der Waals surface area contributed by atoms with Gasteiger partial charge < -0.3 is 10.3 Å². The van der Waals surface area contributed by atoms with Crippen molar-refractivity contribution in [1.29, 1.82) is 0 Å². The SMILES string of the molecule is Cc1ccccc1[C@H](C)NC(=O)CCCc1nc2ccccc2c(=O)[nH]1. The van der Waals surface area contributed by atoms with Gasteiger partial charge in [-0.25, -0.2) is 4.98 Å². The monoisotopic (exact) mass is 349 g/mol. The lowest BCUT2D eigenvalue weighted by Gasteiger charge is -2.16. The van der Waals surface area contributed by atoms with E-state index in [9.17, 15) is 9.59 Å². The van der Waals surface area contributed by atoms with Crippen molar-refractivity contribution in [3.63, 3.8) is 0 Å². The fraction of sp³-hybridized carbons (Fsp3) is 0.286. The minimum absolute atomic E-state index is 0.00360. The molecule has 5 nitrogen and oxygen atoms in total. The van der Waals surface area contributed by atoms with E-state index in [-0.39, 0.29) is 17.5 Å². The van der Waals surface area contributed by atoms with Gasteiger partial charge in [-0.2, -0.15) is 0 Å². The highest BCUT2D eigenvalue weighted by Gasteiger charge is 2.11. The number of aryl methyl sites for hydroxylation is 2. The number of para-hydroxylation sites is 1. The molecule has 0 aliphatic heterocycles. The lowest BCUT2D eigenvalue weighted by Crippen LogP contribution is -2.27. The number of hydrogen-bond acceptors (Lipinski definition) is 3. The van der Waals surface area contributed by atoms with Crippen LogP contribution in [-0.4, -0.2) is 15.9 Å². The molecule has 2 N–H and O–H groups in total. The number of carbonyl (C=O) groups excluding carboxylic acids is 1. The molecule has 0 fully saturated rings. The van der Waals surface area contributed by atoms with Crippen molar-refractivity contribution in [2.75, 3.05) is 0 Å². The van der Waals surface area contributed by atoms with Crippen molar-refractivity contribution >= 4 is 16.8 Å². The molecule has 0 bridgehead atoms. The third-order valence-electron chi connectivity index (χ3n) is 4.51. The number of rotatable bonds is 6. The number of carbonyl (C=O) groups is 1. The van der Waals surface area contributed by atoms with Crippen molar-refractivity contribution in [2.24, 2.45) is 0 Å². The van der Waals surface area contributed by atoms with Gasteiger partial charge in [0.2, 0.25) is 5.91 Å². The molecule has 134 valence electrons. The summed E-state index contributed by atoms with van der Waals surface area (Å²) in [6.45, 7) is 4.03. The fourth-order valence-corrected chi connectivity index (χ4v) is 3.13. The lowest BCUT2D eigenvalue weighted by molar-refractivity contribution is -0.121. The maximum atomic E-state index is 12.2. The number of benzene rings is 2. The summed E-state index contributed by atoms with van der Waals surface area (Å²) in [5, 5.41) is 3.62. The summed E-state index contributed by atoms with van der Waals surface area (Å²) in [5.74, 6) is 0.623. The molecular formula is C21H23N3O2. The maximum absolute atomic E-state index is 12.2. The van der Waals surface area contributed by atoms with Gasteiger partial charge in [-0.05, 0) is 43.5 Å². The van der Waals surface area contributed by atoms with Crippen LogP contribution in [0.2, 0.25) is 0 Å². The number of amides is 1. The zero-order valence-corrected chi connectivity index (χ0v) is 15.1. The largest absolute Gasteiger partial charge is 0.350 e. The summed E-state index contributed by atoms with van der Waals surface area (Å²) in [6.07, 6.45) is 1.59. The molecule has 1 atom stereocenters. The van der Waals surface area contributed by atoms with Crippen molar-refractivity contribution in [3.8, 4) is 0 Å². The van der Waals surface area contributed by atoms with Crippen molar-refractivity contribution in [1.82, 2.24) is 15.3 Å². The van der Waals surface area contributed by atoms with Crippen LogP contribution in [0.15, 0.2) is 53.3 Å². The van der Waals surface area contributed by atoms with Crippen molar-refractivity contribution in [3.05, 3.63) is 75.8 Å². The number of nitrogens with zero attached hydrogens (tertiary/aromatic N) is 1. The van der Waals surface area contributed by atoms with Gasteiger partial charge in [-0.15, -0.1) is 0 Å². The molecule has 1 heterocycles. The number of aromatic nitrogens is 2. The first-order valence-electron chi connectivity index (χ1n) is 8.87. The van der Waals surface area contributed by atoms with Gasteiger partial charge in [0.15, 0.2) is 0 Å².